The molecule has 0 unspecified atom stereocenters. The summed E-state index contributed by atoms with van der Waals surface area (Å²) in [7, 11) is 1.58. The molecule has 0 bridgehead atoms. The van der Waals surface area contributed by atoms with E-state index < -0.39 is 5.97 Å². The Morgan fingerprint density at radius 2 is 1.87 bits per heavy atom. The number of carbonyl (C=O) groups is 2. The zero-order chi connectivity index (χ0) is 21.1. The smallest absolute Gasteiger partial charge is 0.303 e. The minimum Gasteiger partial charge on any atom is -0.493 e. The van der Waals surface area contributed by atoms with Crippen LogP contribution in [0.5, 0.6) is 11.5 Å². The SMILES string of the molecule is COc1cc(C=CC(=O)N[C@H]2CC[C@H](C)CC2)ccc1OCCCCCC(=O)O.[Na]. The molecule has 7 heteroatoms. The number of carboxylic acids is 1. The van der Waals surface area contributed by atoms with Gasteiger partial charge in [0.05, 0.1) is 13.7 Å². The third-order valence-electron chi connectivity index (χ3n) is 5.27. The largest absolute Gasteiger partial charge is 0.493 e. The summed E-state index contributed by atoms with van der Waals surface area (Å²) in [6.07, 6.45) is 10.2. The van der Waals surface area contributed by atoms with Crippen LogP contribution in [0.15, 0.2) is 24.3 Å². The van der Waals surface area contributed by atoms with Gasteiger partial charge >= 0.3 is 5.97 Å². The van der Waals surface area contributed by atoms with Crippen molar-refractivity contribution in [2.24, 2.45) is 5.92 Å². The molecule has 1 aromatic rings. The van der Waals surface area contributed by atoms with Gasteiger partial charge in [-0.05, 0) is 74.6 Å². The topological polar surface area (TPSA) is 84.9 Å². The molecule has 0 atom stereocenters. The van der Waals surface area contributed by atoms with Gasteiger partial charge in [-0.15, -0.1) is 0 Å². The van der Waals surface area contributed by atoms with E-state index in [4.69, 9.17) is 14.6 Å². The number of hydrogen-bond donors (Lipinski definition) is 2. The first-order chi connectivity index (χ1) is 14.0. The standard InChI is InChI=1S/C23H33NO5.Na/c1-17-7-11-19(12-8-17)24-22(25)14-10-18-9-13-20(21(16-18)28-2)29-15-5-3-4-6-23(26)27;/h9-10,13-14,16-17,19H,3-8,11-12,15H2,1-2H3,(H,24,25)(H,26,27);/t17-,19-;. The van der Waals surface area contributed by atoms with E-state index in [1.54, 1.807) is 19.3 Å². The molecular formula is C23H33NNaO5. The molecule has 0 heterocycles. The molecule has 1 aromatic carbocycles. The predicted molar refractivity (Wildman–Crippen MR) is 119 cm³/mol. The first kappa shape index (κ1) is 26.5. The van der Waals surface area contributed by atoms with Gasteiger partial charge in [-0.3, -0.25) is 9.59 Å². The van der Waals surface area contributed by atoms with Crippen molar-refractivity contribution < 1.29 is 24.2 Å². The number of ether oxygens (including phenoxy) is 2. The van der Waals surface area contributed by atoms with Crippen LogP contribution in [-0.4, -0.2) is 66.3 Å². The van der Waals surface area contributed by atoms with Crippen molar-refractivity contribution in [3.05, 3.63) is 29.8 Å². The average Bonchev–Trinajstić information content (AvgIpc) is 2.71. The second-order valence-electron chi connectivity index (χ2n) is 7.76. The van der Waals surface area contributed by atoms with Crippen LogP contribution in [0.3, 0.4) is 0 Å². The average molecular weight is 427 g/mol. The molecule has 0 saturated heterocycles. The minimum absolute atomic E-state index is 0. The van der Waals surface area contributed by atoms with Gasteiger partial charge in [-0.25, -0.2) is 0 Å². The van der Waals surface area contributed by atoms with Crippen LogP contribution in [0.2, 0.25) is 0 Å². The molecule has 0 aromatic heterocycles. The van der Waals surface area contributed by atoms with Crippen LogP contribution in [-0.2, 0) is 9.59 Å². The molecule has 1 saturated carbocycles. The maximum atomic E-state index is 12.2. The molecule has 1 aliphatic rings. The van der Waals surface area contributed by atoms with Crippen molar-refractivity contribution in [3.63, 3.8) is 0 Å². The summed E-state index contributed by atoms with van der Waals surface area (Å²) in [4.78, 5) is 22.7. The van der Waals surface area contributed by atoms with Gasteiger partial charge < -0.3 is 19.9 Å². The Balaban J connectivity index is 0.00000450. The third kappa shape index (κ3) is 10.0. The Labute approximate surface area is 201 Å². The Morgan fingerprint density at radius 3 is 2.53 bits per heavy atom. The van der Waals surface area contributed by atoms with E-state index in [1.165, 1.54) is 12.8 Å². The van der Waals surface area contributed by atoms with Crippen LogP contribution >= 0.6 is 0 Å². The number of carbonyl (C=O) groups excluding carboxylic acids is 1. The van der Waals surface area contributed by atoms with Gasteiger partial charge in [0.2, 0.25) is 5.91 Å². The molecule has 2 rings (SSSR count). The fourth-order valence-corrected chi connectivity index (χ4v) is 3.47. The Kier molecular flexibility index (Phi) is 12.8. The number of hydrogen-bond acceptors (Lipinski definition) is 4. The summed E-state index contributed by atoms with van der Waals surface area (Å²) >= 11 is 0. The summed E-state index contributed by atoms with van der Waals surface area (Å²) in [5, 5.41) is 11.7. The quantitative estimate of drug-likeness (QED) is 0.317. The third-order valence-corrected chi connectivity index (χ3v) is 5.27. The summed E-state index contributed by atoms with van der Waals surface area (Å²) in [5.41, 5.74) is 0.864. The van der Waals surface area contributed by atoms with Gasteiger partial charge in [-0.1, -0.05) is 13.0 Å². The van der Waals surface area contributed by atoms with Crippen LogP contribution in [0.1, 0.15) is 63.9 Å². The van der Waals surface area contributed by atoms with Crippen LogP contribution in [0, 0.1) is 5.92 Å². The van der Waals surface area contributed by atoms with Gasteiger partial charge in [0.1, 0.15) is 0 Å². The fraction of sp³-hybridized carbons (Fsp3) is 0.565. The van der Waals surface area contributed by atoms with Gasteiger partial charge in [-0.2, -0.15) is 0 Å². The molecule has 1 fully saturated rings. The molecule has 1 radical (unpaired) electrons. The zero-order valence-electron chi connectivity index (χ0n) is 18.5. The molecule has 1 amide bonds. The Bertz CT molecular complexity index is 699. The molecule has 1 aliphatic carbocycles. The molecule has 30 heavy (non-hydrogen) atoms. The first-order valence-corrected chi connectivity index (χ1v) is 10.5. The molecule has 161 valence electrons. The van der Waals surface area contributed by atoms with E-state index in [1.807, 2.05) is 18.2 Å². The van der Waals surface area contributed by atoms with Crippen molar-refractivity contribution >= 4 is 47.5 Å². The van der Waals surface area contributed by atoms with Gasteiger partial charge in [0.25, 0.3) is 0 Å². The Morgan fingerprint density at radius 1 is 1.13 bits per heavy atom. The summed E-state index contributed by atoms with van der Waals surface area (Å²) in [6, 6.07) is 5.83. The molecule has 6 nitrogen and oxygen atoms in total. The van der Waals surface area contributed by atoms with E-state index in [2.05, 4.69) is 12.2 Å². The summed E-state index contributed by atoms with van der Waals surface area (Å²) in [6.45, 7) is 2.77. The number of carboxylic acid groups (broad SMARTS) is 1. The Hall–Kier alpha value is -1.50. The molecule has 0 spiro atoms. The van der Waals surface area contributed by atoms with E-state index in [9.17, 15) is 9.59 Å². The normalized spacial score (nSPS) is 18.5. The molecular weight excluding hydrogens is 393 g/mol. The van der Waals surface area contributed by atoms with Crippen molar-refractivity contribution in [2.75, 3.05) is 13.7 Å². The second-order valence-corrected chi connectivity index (χ2v) is 7.76. The van der Waals surface area contributed by atoms with E-state index in [0.717, 1.165) is 37.2 Å². The van der Waals surface area contributed by atoms with E-state index in [-0.39, 0.29) is 47.9 Å². The number of amides is 1. The van der Waals surface area contributed by atoms with Crippen molar-refractivity contribution in [1.29, 1.82) is 0 Å². The number of rotatable bonds is 11. The number of benzene rings is 1. The van der Waals surface area contributed by atoms with Crippen molar-refractivity contribution in [1.82, 2.24) is 5.32 Å². The summed E-state index contributed by atoms with van der Waals surface area (Å²) in [5.74, 6) is 1.18. The number of methoxy groups -OCH3 is 1. The monoisotopic (exact) mass is 426 g/mol. The maximum Gasteiger partial charge on any atom is 0.303 e. The number of aliphatic carboxylic acids is 1. The number of nitrogens with one attached hydrogen (secondary N) is 1. The van der Waals surface area contributed by atoms with Crippen LogP contribution in [0.25, 0.3) is 6.08 Å². The maximum absolute atomic E-state index is 12.2. The molecule has 0 aliphatic heterocycles. The summed E-state index contributed by atoms with van der Waals surface area (Å²) < 4.78 is 11.1. The van der Waals surface area contributed by atoms with Gasteiger partial charge in [0, 0.05) is 48.1 Å². The first-order valence-electron chi connectivity index (χ1n) is 10.5. The number of unbranched alkanes of at least 4 members (excludes halogenated alkanes) is 2. The zero-order valence-corrected chi connectivity index (χ0v) is 20.5. The fourth-order valence-electron chi connectivity index (χ4n) is 3.47. The van der Waals surface area contributed by atoms with Gasteiger partial charge in [0.15, 0.2) is 11.5 Å². The minimum atomic E-state index is -0.766. The second kappa shape index (κ2) is 14.5. The van der Waals surface area contributed by atoms with Crippen molar-refractivity contribution in [3.8, 4) is 11.5 Å². The molecule has 2 N–H and O–H groups in total. The van der Waals surface area contributed by atoms with Crippen LogP contribution in [0.4, 0.5) is 0 Å². The van der Waals surface area contributed by atoms with Crippen LogP contribution < -0.4 is 14.8 Å². The predicted octanol–water partition coefficient (Wildman–Crippen LogP) is 4.05. The van der Waals surface area contributed by atoms with E-state index >= 15 is 0 Å². The van der Waals surface area contributed by atoms with E-state index in [0.29, 0.717) is 24.5 Å². The van der Waals surface area contributed by atoms with Crippen molar-refractivity contribution in [2.45, 2.75) is 64.3 Å².